The summed E-state index contributed by atoms with van der Waals surface area (Å²) in [7, 11) is 0. The highest BCUT2D eigenvalue weighted by molar-refractivity contribution is 5.99. The van der Waals surface area contributed by atoms with Crippen molar-refractivity contribution in [3.63, 3.8) is 0 Å². The lowest BCUT2D eigenvalue weighted by Gasteiger charge is -2.39. The zero-order valence-corrected chi connectivity index (χ0v) is 19.1. The minimum absolute atomic E-state index is 0.0282. The summed E-state index contributed by atoms with van der Waals surface area (Å²) in [5.41, 5.74) is 0.794. The number of aliphatic hydroxyl groups excluding tert-OH is 4. The van der Waals surface area contributed by atoms with Gasteiger partial charge in [-0.25, -0.2) is 4.79 Å². The fourth-order valence-electron chi connectivity index (χ4n) is 4.26. The van der Waals surface area contributed by atoms with Gasteiger partial charge in [0.15, 0.2) is 17.2 Å². The van der Waals surface area contributed by atoms with Crippen molar-refractivity contribution >= 4 is 5.97 Å². The average Bonchev–Trinajstić information content (AvgIpc) is 3.34. The summed E-state index contributed by atoms with van der Waals surface area (Å²) in [5.74, 6) is -0.593. The Hall–Kier alpha value is -3.88. The van der Waals surface area contributed by atoms with Crippen LogP contribution in [0.4, 0.5) is 0 Å². The molecule has 0 unspecified atom stereocenters. The minimum Gasteiger partial charge on any atom is -0.507 e. The molecule has 13 heteroatoms. The number of hydrogen-bond acceptors (Lipinski definition) is 11. The van der Waals surface area contributed by atoms with Crippen molar-refractivity contribution in [2.24, 2.45) is 0 Å². The van der Waals surface area contributed by atoms with Crippen LogP contribution in [0, 0.1) is 0 Å². The second-order valence-corrected chi connectivity index (χ2v) is 8.48. The second kappa shape index (κ2) is 9.88. The number of phenolic OH excluding ortho intramolecular Hbond substituents is 1. The van der Waals surface area contributed by atoms with E-state index in [1.807, 2.05) is 0 Å². The number of aromatic hydroxyl groups is 1. The number of H-pyrrole nitrogens is 1. The maximum absolute atomic E-state index is 11.9. The van der Waals surface area contributed by atoms with Gasteiger partial charge in [0.1, 0.15) is 54.8 Å². The molecule has 2 aromatic carbocycles. The van der Waals surface area contributed by atoms with Gasteiger partial charge in [0, 0.05) is 17.2 Å². The third-order valence-electron chi connectivity index (χ3n) is 6.14. The van der Waals surface area contributed by atoms with Crippen LogP contribution in [0.25, 0.3) is 22.4 Å². The molecule has 3 heterocycles. The molecule has 0 radical (unpaired) electrons. The Morgan fingerprint density at radius 1 is 1.03 bits per heavy atom. The Morgan fingerprint density at radius 3 is 2.49 bits per heavy atom. The van der Waals surface area contributed by atoms with E-state index < -0.39 is 43.3 Å². The van der Waals surface area contributed by atoms with Crippen LogP contribution in [0.2, 0.25) is 0 Å². The number of nitrogens with one attached hydrogen (secondary N) is 1. The van der Waals surface area contributed by atoms with E-state index in [2.05, 4.69) is 10.2 Å². The Balaban J connectivity index is 1.47. The maximum atomic E-state index is 11.9. The second-order valence-electron chi connectivity index (χ2n) is 8.48. The SMILES string of the molecule is O=C(O)c1[nH]nc(-c2ccc(O[C@H]3O[C@@H](CO)[C@H](O)[C@@H](O)[C@@H]3O)cc2O)c1-c1ccc2c(c1)OCCO2. The lowest BCUT2D eigenvalue weighted by molar-refractivity contribution is -0.277. The molecule has 1 saturated heterocycles. The third-order valence-corrected chi connectivity index (χ3v) is 6.14. The third kappa shape index (κ3) is 4.54. The number of carboxylic acid groups (broad SMARTS) is 1. The molecule has 1 fully saturated rings. The molecule has 1 aromatic heterocycles. The van der Waals surface area contributed by atoms with Crippen LogP contribution >= 0.6 is 0 Å². The summed E-state index contributed by atoms with van der Waals surface area (Å²) in [6.07, 6.45) is -7.42. The Labute approximate surface area is 209 Å². The van der Waals surface area contributed by atoms with Crippen molar-refractivity contribution in [2.75, 3.05) is 19.8 Å². The summed E-state index contributed by atoms with van der Waals surface area (Å²) < 4.78 is 22.0. The van der Waals surface area contributed by atoms with Crippen LogP contribution in [0.3, 0.4) is 0 Å². The summed E-state index contributed by atoms with van der Waals surface area (Å²) in [4.78, 5) is 11.9. The molecule has 3 aromatic rings. The minimum atomic E-state index is -1.63. The molecule has 2 aliphatic heterocycles. The summed E-state index contributed by atoms with van der Waals surface area (Å²) in [6, 6.07) is 8.98. The van der Waals surface area contributed by atoms with E-state index in [0.29, 0.717) is 30.3 Å². The zero-order chi connectivity index (χ0) is 26.3. The van der Waals surface area contributed by atoms with Crippen LogP contribution in [0.15, 0.2) is 36.4 Å². The predicted molar refractivity (Wildman–Crippen MR) is 123 cm³/mol. The van der Waals surface area contributed by atoms with Gasteiger partial charge in [0.2, 0.25) is 6.29 Å². The molecule has 7 N–H and O–H groups in total. The molecule has 0 amide bonds. The van der Waals surface area contributed by atoms with Crippen LogP contribution in [0.1, 0.15) is 10.5 Å². The molecule has 37 heavy (non-hydrogen) atoms. The van der Waals surface area contributed by atoms with Gasteiger partial charge in [-0.2, -0.15) is 5.10 Å². The van der Waals surface area contributed by atoms with Crippen molar-refractivity contribution in [3.8, 4) is 45.4 Å². The fraction of sp³-hybridized carbons (Fsp3) is 0.333. The average molecular weight is 516 g/mol. The van der Waals surface area contributed by atoms with Gasteiger partial charge in [-0.1, -0.05) is 6.07 Å². The number of hydrogen-bond donors (Lipinski definition) is 7. The molecule has 2 aliphatic rings. The number of aliphatic hydroxyl groups is 4. The number of carboxylic acids is 1. The van der Waals surface area contributed by atoms with E-state index in [1.54, 1.807) is 18.2 Å². The van der Waals surface area contributed by atoms with Crippen molar-refractivity contribution in [1.82, 2.24) is 10.2 Å². The number of fused-ring (bicyclic) bond motifs is 1. The Bertz CT molecular complexity index is 1310. The maximum Gasteiger partial charge on any atom is 0.354 e. The molecule has 13 nitrogen and oxygen atoms in total. The molecule has 0 spiro atoms. The molecule has 0 saturated carbocycles. The standard InChI is InChI=1S/C24H24N2O11/c27-9-16-20(29)21(30)22(31)24(37-16)36-11-2-3-12(13(28)8-11)18-17(19(23(32)33)26-25-18)10-1-4-14-15(7-10)35-6-5-34-14/h1-4,7-8,16,20-22,24,27-31H,5-6,9H2,(H,25,26)(H,32,33)/t16-,20-,21+,22-,24-/m0/s1. The van der Waals surface area contributed by atoms with E-state index >= 15 is 0 Å². The van der Waals surface area contributed by atoms with Gasteiger partial charge in [-0.3, -0.25) is 5.10 Å². The smallest absolute Gasteiger partial charge is 0.354 e. The van der Waals surface area contributed by atoms with Gasteiger partial charge < -0.3 is 49.6 Å². The van der Waals surface area contributed by atoms with E-state index in [1.165, 1.54) is 18.2 Å². The first-order chi connectivity index (χ1) is 17.8. The molecular weight excluding hydrogens is 492 g/mol. The molecule has 196 valence electrons. The lowest BCUT2D eigenvalue weighted by atomic mass is 9.97. The van der Waals surface area contributed by atoms with Crippen LogP contribution in [-0.4, -0.2) is 97.3 Å². The van der Waals surface area contributed by atoms with Crippen LogP contribution in [0.5, 0.6) is 23.0 Å². The van der Waals surface area contributed by atoms with E-state index in [-0.39, 0.29) is 34.0 Å². The number of rotatable bonds is 6. The number of aromatic amines is 1. The molecule has 5 rings (SSSR count). The normalized spacial score (nSPS) is 25.0. The van der Waals surface area contributed by atoms with Gasteiger partial charge in [0.25, 0.3) is 0 Å². The first-order valence-corrected chi connectivity index (χ1v) is 11.3. The number of aromatic carboxylic acids is 1. The Morgan fingerprint density at radius 2 is 1.78 bits per heavy atom. The topological polar surface area (TPSA) is 204 Å². The van der Waals surface area contributed by atoms with Crippen LogP contribution < -0.4 is 14.2 Å². The molecule has 5 atom stereocenters. The van der Waals surface area contributed by atoms with E-state index in [0.717, 1.165) is 0 Å². The predicted octanol–water partition coefficient (Wildman–Crippen LogP) is 0.0974. The first kappa shape index (κ1) is 24.8. The number of benzene rings is 2. The van der Waals surface area contributed by atoms with Crippen molar-refractivity contribution in [1.29, 1.82) is 0 Å². The lowest BCUT2D eigenvalue weighted by Crippen LogP contribution is -2.60. The van der Waals surface area contributed by atoms with Crippen molar-refractivity contribution in [2.45, 2.75) is 30.7 Å². The number of aromatic nitrogens is 2. The van der Waals surface area contributed by atoms with E-state index in [4.69, 9.17) is 18.9 Å². The van der Waals surface area contributed by atoms with Crippen molar-refractivity contribution < 1.29 is 54.4 Å². The van der Waals surface area contributed by atoms with Gasteiger partial charge in [0.05, 0.1) is 6.61 Å². The van der Waals surface area contributed by atoms with Gasteiger partial charge >= 0.3 is 5.97 Å². The number of nitrogens with zero attached hydrogens (tertiary/aromatic N) is 1. The fourth-order valence-corrected chi connectivity index (χ4v) is 4.26. The van der Waals surface area contributed by atoms with Crippen LogP contribution in [-0.2, 0) is 4.74 Å². The highest BCUT2D eigenvalue weighted by Gasteiger charge is 2.44. The van der Waals surface area contributed by atoms with E-state index in [9.17, 15) is 35.4 Å². The largest absolute Gasteiger partial charge is 0.507 e. The quantitative estimate of drug-likeness (QED) is 0.233. The zero-order valence-electron chi connectivity index (χ0n) is 19.1. The summed E-state index contributed by atoms with van der Waals surface area (Å²) in [6.45, 7) is 0.120. The molecule has 0 bridgehead atoms. The monoisotopic (exact) mass is 516 g/mol. The first-order valence-electron chi connectivity index (χ1n) is 11.3. The highest BCUT2D eigenvalue weighted by atomic mass is 16.7. The summed E-state index contributed by atoms with van der Waals surface area (Å²) in [5, 5.41) is 66.5. The highest BCUT2D eigenvalue weighted by Crippen LogP contribution is 2.42. The van der Waals surface area contributed by atoms with Gasteiger partial charge in [-0.15, -0.1) is 0 Å². The number of ether oxygens (including phenoxy) is 4. The van der Waals surface area contributed by atoms with Gasteiger partial charge in [-0.05, 0) is 29.8 Å². The summed E-state index contributed by atoms with van der Waals surface area (Å²) >= 11 is 0. The Kier molecular flexibility index (Phi) is 6.62. The molecular formula is C24H24N2O11. The molecule has 0 aliphatic carbocycles. The number of carbonyl (C=O) groups is 1. The van der Waals surface area contributed by atoms with Crippen molar-refractivity contribution in [3.05, 3.63) is 42.1 Å². The number of phenols is 1.